The molecule has 3 aromatic heterocycles. The highest BCUT2D eigenvalue weighted by Gasteiger charge is 2.16. The topological polar surface area (TPSA) is 112 Å². The lowest BCUT2D eigenvalue weighted by molar-refractivity contribution is 0.102. The van der Waals surface area contributed by atoms with Gasteiger partial charge in [0.15, 0.2) is 5.69 Å². The molecule has 0 unspecified atom stereocenters. The number of pyridine rings is 1. The highest BCUT2D eigenvalue weighted by atomic mass is 16.2. The number of hydrogen-bond acceptors (Lipinski definition) is 5. The minimum atomic E-state index is -0.322. The number of aryl methyl sites for hydroxylation is 1. The normalized spacial score (nSPS) is 10.8. The summed E-state index contributed by atoms with van der Waals surface area (Å²) in [4.78, 5) is 17.2. The third-order valence-electron chi connectivity index (χ3n) is 5.39. The zero-order chi connectivity index (χ0) is 22.8. The fourth-order valence-electron chi connectivity index (χ4n) is 3.78. The summed E-state index contributed by atoms with van der Waals surface area (Å²) < 4.78 is 1.71. The zero-order valence-corrected chi connectivity index (χ0v) is 17.8. The molecule has 0 aliphatic heterocycles. The molecule has 3 heterocycles. The van der Waals surface area contributed by atoms with E-state index in [4.69, 9.17) is 5.26 Å². The van der Waals surface area contributed by atoms with Crippen molar-refractivity contribution in [2.75, 3.05) is 5.32 Å². The molecule has 0 bridgehead atoms. The van der Waals surface area contributed by atoms with Crippen molar-refractivity contribution in [2.24, 2.45) is 0 Å². The van der Waals surface area contributed by atoms with Crippen LogP contribution in [0, 0.1) is 18.3 Å². The molecule has 160 valence electrons. The van der Waals surface area contributed by atoms with Gasteiger partial charge in [-0.2, -0.15) is 15.5 Å². The molecule has 5 aromatic rings. The van der Waals surface area contributed by atoms with Crippen molar-refractivity contribution in [3.05, 3.63) is 95.7 Å². The van der Waals surface area contributed by atoms with Crippen molar-refractivity contribution in [3.8, 4) is 17.2 Å². The van der Waals surface area contributed by atoms with E-state index in [9.17, 15) is 4.79 Å². The summed E-state index contributed by atoms with van der Waals surface area (Å²) in [5, 5.41) is 24.1. The first-order valence-corrected chi connectivity index (χ1v) is 10.3. The van der Waals surface area contributed by atoms with E-state index < -0.39 is 0 Å². The van der Waals surface area contributed by atoms with Gasteiger partial charge >= 0.3 is 0 Å². The van der Waals surface area contributed by atoms with Gasteiger partial charge in [-0.1, -0.05) is 24.3 Å². The van der Waals surface area contributed by atoms with Gasteiger partial charge in [0, 0.05) is 29.0 Å². The van der Waals surface area contributed by atoms with E-state index in [-0.39, 0.29) is 5.91 Å². The molecule has 0 radical (unpaired) electrons. The highest BCUT2D eigenvalue weighted by molar-refractivity contribution is 6.11. The Morgan fingerprint density at radius 1 is 1.18 bits per heavy atom. The van der Waals surface area contributed by atoms with Crippen molar-refractivity contribution >= 4 is 22.5 Å². The van der Waals surface area contributed by atoms with Crippen LogP contribution in [0.15, 0.2) is 73.2 Å². The largest absolute Gasteiger partial charge is 0.318 e. The molecule has 0 aliphatic carbocycles. The molecule has 0 atom stereocenters. The maximum Gasteiger partial charge on any atom is 0.276 e. The average Bonchev–Trinajstić information content (AvgIpc) is 3.45. The van der Waals surface area contributed by atoms with Crippen LogP contribution in [-0.2, 0) is 6.54 Å². The standard InChI is InChI=1S/C25H19N7O/c1-16-21(6-3-9-27-16)19-7-8-22-23(11-19)30-31-24(22)25(33)29-20-13-28-32(15-20)14-18-5-2-4-17(10-18)12-26/h2-11,13,15H,14H2,1H3,(H,29,33)(H,30,31). The number of amides is 1. The van der Waals surface area contributed by atoms with E-state index in [2.05, 4.69) is 31.7 Å². The number of rotatable bonds is 5. The van der Waals surface area contributed by atoms with Crippen LogP contribution < -0.4 is 5.32 Å². The van der Waals surface area contributed by atoms with E-state index in [1.165, 1.54) is 0 Å². The van der Waals surface area contributed by atoms with Gasteiger partial charge in [0.05, 0.1) is 35.6 Å². The fourth-order valence-corrected chi connectivity index (χ4v) is 3.78. The number of nitrogens with zero attached hydrogens (tertiary/aromatic N) is 5. The predicted molar refractivity (Wildman–Crippen MR) is 125 cm³/mol. The first-order chi connectivity index (χ1) is 16.1. The van der Waals surface area contributed by atoms with Crippen molar-refractivity contribution in [2.45, 2.75) is 13.5 Å². The summed E-state index contributed by atoms with van der Waals surface area (Å²) in [5.74, 6) is -0.322. The van der Waals surface area contributed by atoms with Crippen molar-refractivity contribution in [3.63, 3.8) is 0 Å². The Hall–Kier alpha value is -4.77. The molecule has 8 heteroatoms. The van der Waals surface area contributed by atoms with Crippen LogP contribution in [0.1, 0.15) is 27.3 Å². The second kappa shape index (κ2) is 8.40. The van der Waals surface area contributed by atoms with Crippen LogP contribution >= 0.6 is 0 Å². The smallest absolute Gasteiger partial charge is 0.276 e. The molecule has 0 spiro atoms. The maximum absolute atomic E-state index is 12.9. The fraction of sp³-hybridized carbons (Fsp3) is 0.0800. The van der Waals surface area contributed by atoms with Gasteiger partial charge < -0.3 is 5.32 Å². The van der Waals surface area contributed by atoms with Crippen LogP contribution in [0.3, 0.4) is 0 Å². The number of anilines is 1. The zero-order valence-electron chi connectivity index (χ0n) is 17.8. The Bertz CT molecular complexity index is 1520. The number of H-pyrrole nitrogens is 1. The van der Waals surface area contributed by atoms with Crippen LogP contribution in [-0.4, -0.2) is 30.9 Å². The molecule has 2 N–H and O–H groups in total. The van der Waals surface area contributed by atoms with Crippen LogP contribution in [0.4, 0.5) is 5.69 Å². The van der Waals surface area contributed by atoms with E-state index in [1.54, 1.807) is 29.3 Å². The van der Waals surface area contributed by atoms with Crippen LogP contribution in [0.2, 0.25) is 0 Å². The Kier molecular flexibility index (Phi) is 5.13. The summed E-state index contributed by atoms with van der Waals surface area (Å²) >= 11 is 0. The number of nitrogens with one attached hydrogen (secondary N) is 2. The van der Waals surface area contributed by atoms with Crippen molar-refractivity contribution < 1.29 is 4.79 Å². The third kappa shape index (κ3) is 4.07. The van der Waals surface area contributed by atoms with E-state index in [0.29, 0.717) is 23.5 Å². The molecule has 0 saturated heterocycles. The quantitative estimate of drug-likeness (QED) is 0.429. The van der Waals surface area contributed by atoms with Gasteiger partial charge in [-0.15, -0.1) is 0 Å². The molecule has 5 rings (SSSR count). The molecule has 8 nitrogen and oxygen atoms in total. The molecule has 2 aromatic carbocycles. The minimum absolute atomic E-state index is 0.314. The number of aromatic nitrogens is 5. The molecule has 0 fully saturated rings. The number of carbonyl (C=O) groups excluding carboxylic acids is 1. The van der Waals surface area contributed by atoms with E-state index in [1.807, 2.05) is 55.5 Å². The monoisotopic (exact) mass is 433 g/mol. The lowest BCUT2D eigenvalue weighted by atomic mass is 10.0. The Labute approximate surface area is 189 Å². The van der Waals surface area contributed by atoms with Crippen molar-refractivity contribution in [1.29, 1.82) is 5.26 Å². The molecular formula is C25H19N7O. The minimum Gasteiger partial charge on any atom is -0.318 e. The molecule has 1 amide bonds. The lowest BCUT2D eigenvalue weighted by Crippen LogP contribution is -2.12. The molecular weight excluding hydrogens is 414 g/mol. The summed E-state index contributed by atoms with van der Waals surface area (Å²) in [6.45, 7) is 2.46. The average molecular weight is 433 g/mol. The summed E-state index contributed by atoms with van der Waals surface area (Å²) in [6, 6.07) is 19.2. The van der Waals surface area contributed by atoms with E-state index in [0.717, 1.165) is 33.3 Å². The second-order valence-electron chi connectivity index (χ2n) is 7.66. The first-order valence-electron chi connectivity index (χ1n) is 10.3. The molecule has 0 saturated carbocycles. The summed E-state index contributed by atoms with van der Waals surface area (Å²) in [6.07, 6.45) is 5.10. The first kappa shape index (κ1) is 20.2. The maximum atomic E-state index is 12.9. The summed E-state index contributed by atoms with van der Waals surface area (Å²) in [5.41, 5.74) is 6.18. The molecule has 0 aliphatic rings. The lowest BCUT2D eigenvalue weighted by Gasteiger charge is -2.05. The third-order valence-corrected chi connectivity index (χ3v) is 5.39. The van der Waals surface area contributed by atoms with Crippen molar-refractivity contribution in [1.82, 2.24) is 25.0 Å². The predicted octanol–water partition coefficient (Wildman–Crippen LogP) is 4.30. The molecule has 33 heavy (non-hydrogen) atoms. The number of nitriles is 1. The Morgan fingerprint density at radius 2 is 2.09 bits per heavy atom. The van der Waals surface area contributed by atoms with E-state index >= 15 is 0 Å². The number of carbonyl (C=O) groups is 1. The van der Waals surface area contributed by atoms with Gasteiger partial charge in [-0.05, 0) is 48.4 Å². The number of aromatic amines is 1. The van der Waals surface area contributed by atoms with Gasteiger partial charge in [-0.3, -0.25) is 19.6 Å². The van der Waals surface area contributed by atoms with Gasteiger partial charge in [0.25, 0.3) is 5.91 Å². The Balaban J connectivity index is 1.33. The number of fused-ring (bicyclic) bond motifs is 1. The second-order valence-corrected chi connectivity index (χ2v) is 7.66. The Morgan fingerprint density at radius 3 is 2.94 bits per heavy atom. The van der Waals surface area contributed by atoms with Gasteiger partial charge in [-0.25, -0.2) is 0 Å². The van der Waals surface area contributed by atoms with Gasteiger partial charge in [0.2, 0.25) is 0 Å². The number of benzene rings is 2. The van der Waals surface area contributed by atoms with Crippen LogP contribution in [0.25, 0.3) is 22.0 Å². The summed E-state index contributed by atoms with van der Waals surface area (Å²) in [7, 11) is 0. The van der Waals surface area contributed by atoms with Crippen LogP contribution in [0.5, 0.6) is 0 Å². The van der Waals surface area contributed by atoms with Gasteiger partial charge in [0.1, 0.15) is 0 Å². The SMILES string of the molecule is Cc1ncccc1-c1ccc2c(C(=O)Nc3cnn(Cc4cccc(C#N)c4)c3)n[nH]c2c1. The number of hydrogen-bond donors (Lipinski definition) is 2. The highest BCUT2D eigenvalue weighted by Crippen LogP contribution is 2.27.